The van der Waals surface area contributed by atoms with Crippen molar-refractivity contribution < 1.29 is 23.5 Å². The topological polar surface area (TPSA) is 79.0 Å². The van der Waals surface area contributed by atoms with Crippen molar-refractivity contribution in [3.8, 4) is 5.75 Å². The summed E-state index contributed by atoms with van der Waals surface area (Å²) in [5.41, 5.74) is 0.836. The standard InChI is InChI=1S/C22H30FN3O4/c1-15(17-9-10-18(23)19(12-17)30-14-16-7-8-16)25(2)21(28)6-4-3-5-11-26-13-20(27)24-22(26)29/h9-10,12,15-16H,3-8,11,13-14H2,1-2H3,(H,24,27,29). The second kappa shape index (κ2) is 9.91. The normalized spacial score (nSPS) is 17.1. The van der Waals surface area contributed by atoms with Gasteiger partial charge in [0.1, 0.15) is 6.54 Å². The zero-order valence-electron chi connectivity index (χ0n) is 17.7. The Morgan fingerprint density at radius 3 is 2.73 bits per heavy atom. The van der Waals surface area contributed by atoms with E-state index in [1.807, 2.05) is 6.92 Å². The van der Waals surface area contributed by atoms with Crippen LogP contribution in [-0.4, -0.2) is 54.4 Å². The van der Waals surface area contributed by atoms with E-state index in [2.05, 4.69) is 5.32 Å². The molecule has 1 aliphatic carbocycles. The smallest absolute Gasteiger partial charge is 0.324 e. The highest BCUT2D eigenvalue weighted by Gasteiger charge is 2.26. The van der Waals surface area contributed by atoms with E-state index in [-0.39, 0.29) is 42.0 Å². The summed E-state index contributed by atoms with van der Waals surface area (Å²) in [5.74, 6) is 0.148. The fraction of sp³-hybridized carbons (Fsp3) is 0.591. The predicted molar refractivity (Wildman–Crippen MR) is 109 cm³/mol. The zero-order valence-corrected chi connectivity index (χ0v) is 17.7. The van der Waals surface area contributed by atoms with Crippen LogP contribution in [0.5, 0.6) is 5.75 Å². The van der Waals surface area contributed by atoms with Crippen LogP contribution in [0.25, 0.3) is 0 Å². The number of nitrogens with one attached hydrogen (secondary N) is 1. The molecule has 7 nitrogen and oxygen atoms in total. The molecule has 1 aliphatic heterocycles. The Morgan fingerprint density at radius 1 is 1.30 bits per heavy atom. The average Bonchev–Trinajstić information content (AvgIpc) is 3.49. The van der Waals surface area contributed by atoms with Crippen molar-refractivity contribution in [3.05, 3.63) is 29.6 Å². The number of carbonyl (C=O) groups is 3. The van der Waals surface area contributed by atoms with Gasteiger partial charge in [-0.2, -0.15) is 0 Å². The summed E-state index contributed by atoms with van der Waals surface area (Å²) in [6.45, 7) is 3.08. The lowest BCUT2D eigenvalue weighted by Crippen LogP contribution is -2.30. The van der Waals surface area contributed by atoms with Gasteiger partial charge in [0, 0.05) is 20.0 Å². The number of hydrogen-bond donors (Lipinski definition) is 1. The number of amides is 4. The molecule has 0 bridgehead atoms. The fourth-order valence-corrected chi connectivity index (χ4v) is 3.42. The summed E-state index contributed by atoms with van der Waals surface area (Å²) in [6, 6.07) is 4.24. The van der Waals surface area contributed by atoms with E-state index in [0.717, 1.165) is 31.2 Å². The monoisotopic (exact) mass is 419 g/mol. The van der Waals surface area contributed by atoms with Crippen LogP contribution in [0.1, 0.15) is 57.1 Å². The number of imide groups is 1. The maximum absolute atomic E-state index is 14.0. The second-order valence-electron chi connectivity index (χ2n) is 8.21. The molecule has 0 radical (unpaired) electrons. The van der Waals surface area contributed by atoms with Gasteiger partial charge in [-0.1, -0.05) is 12.5 Å². The van der Waals surface area contributed by atoms with Crippen LogP contribution < -0.4 is 10.1 Å². The van der Waals surface area contributed by atoms with Crippen LogP contribution in [0.2, 0.25) is 0 Å². The maximum atomic E-state index is 14.0. The molecule has 30 heavy (non-hydrogen) atoms. The molecule has 2 aliphatic rings. The van der Waals surface area contributed by atoms with Crippen molar-refractivity contribution in [2.24, 2.45) is 5.92 Å². The van der Waals surface area contributed by atoms with Crippen LogP contribution in [-0.2, 0) is 9.59 Å². The number of hydrogen-bond acceptors (Lipinski definition) is 4. The summed E-state index contributed by atoms with van der Waals surface area (Å²) >= 11 is 0. The first-order valence-electron chi connectivity index (χ1n) is 10.6. The first kappa shape index (κ1) is 22.1. The third-order valence-electron chi connectivity index (χ3n) is 5.77. The van der Waals surface area contributed by atoms with Crippen LogP contribution in [0, 0.1) is 11.7 Å². The summed E-state index contributed by atoms with van der Waals surface area (Å²) in [6.07, 6.45) is 4.92. The largest absolute Gasteiger partial charge is 0.490 e. The number of rotatable bonds is 11. The molecule has 2 fully saturated rings. The molecule has 4 amide bonds. The fourth-order valence-electron chi connectivity index (χ4n) is 3.42. The molecule has 1 N–H and O–H groups in total. The van der Waals surface area contributed by atoms with Crippen molar-refractivity contribution >= 4 is 17.8 Å². The van der Waals surface area contributed by atoms with Crippen molar-refractivity contribution in [1.82, 2.24) is 15.1 Å². The van der Waals surface area contributed by atoms with Gasteiger partial charge in [-0.15, -0.1) is 0 Å². The van der Waals surface area contributed by atoms with Crippen molar-refractivity contribution in [3.63, 3.8) is 0 Å². The van der Waals surface area contributed by atoms with Crippen molar-refractivity contribution in [2.45, 2.75) is 51.5 Å². The van der Waals surface area contributed by atoms with E-state index in [4.69, 9.17) is 4.74 Å². The van der Waals surface area contributed by atoms with Gasteiger partial charge >= 0.3 is 6.03 Å². The molecule has 1 saturated carbocycles. The minimum atomic E-state index is -0.381. The molecular formula is C22H30FN3O4. The SMILES string of the molecule is CC(c1ccc(F)c(OCC2CC2)c1)N(C)C(=O)CCCCCN1CC(=O)NC1=O. The molecule has 1 aromatic carbocycles. The lowest BCUT2D eigenvalue weighted by atomic mass is 10.1. The van der Waals surface area contributed by atoms with Crippen LogP contribution in [0.15, 0.2) is 18.2 Å². The number of carbonyl (C=O) groups excluding carboxylic acids is 3. The molecular weight excluding hydrogens is 389 g/mol. The highest BCUT2D eigenvalue weighted by atomic mass is 19.1. The molecule has 1 unspecified atom stereocenters. The van der Waals surface area contributed by atoms with Gasteiger partial charge in [0.05, 0.1) is 12.6 Å². The maximum Gasteiger partial charge on any atom is 0.324 e. The highest BCUT2D eigenvalue weighted by Crippen LogP contribution is 2.31. The number of urea groups is 1. The van der Waals surface area contributed by atoms with Gasteiger partial charge in [-0.05, 0) is 56.2 Å². The number of nitrogens with zero attached hydrogens (tertiary/aromatic N) is 2. The molecule has 1 atom stereocenters. The van der Waals surface area contributed by atoms with E-state index in [9.17, 15) is 18.8 Å². The first-order chi connectivity index (χ1) is 14.3. The number of unbranched alkanes of at least 4 members (excludes halogenated alkanes) is 2. The predicted octanol–water partition coefficient (Wildman–Crippen LogP) is 3.25. The van der Waals surface area contributed by atoms with Crippen molar-refractivity contribution in [1.29, 1.82) is 0 Å². The van der Waals surface area contributed by atoms with Gasteiger partial charge in [0.2, 0.25) is 11.8 Å². The Hall–Kier alpha value is -2.64. The minimum absolute atomic E-state index is 0.0152. The van der Waals surface area contributed by atoms with Crippen LogP contribution >= 0.6 is 0 Å². The Kier molecular flexibility index (Phi) is 7.29. The number of benzene rings is 1. The summed E-state index contributed by atoms with van der Waals surface area (Å²) in [4.78, 5) is 38.3. The van der Waals surface area contributed by atoms with E-state index >= 15 is 0 Å². The zero-order chi connectivity index (χ0) is 21.7. The summed E-state index contributed by atoms with van der Waals surface area (Å²) < 4.78 is 19.6. The molecule has 1 heterocycles. The summed E-state index contributed by atoms with van der Waals surface area (Å²) in [5, 5.41) is 2.25. The molecule has 0 aromatic heterocycles. The molecule has 1 saturated heterocycles. The number of ether oxygens (including phenoxy) is 1. The summed E-state index contributed by atoms with van der Waals surface area (Å²) in [7, 11) is 1.75. The van der Waals surface area contributed by atoms with Gasteiger partial charge in [-0.3, -0.25) is 14.9 Å². The van der Waals surface area contributed by atoms with Crippen molar-refractivity contribution in [2.75, 3.05) is 26.7 Å². The molecule has 1 aromatic rings. The average molecular weight is 419 g/mol. The van der Waals surface area contributed by atoms with Gasteiger partial charge in [0.25, 0.3) is 0 Å². The van der Waals surface area contributed by atoms with Gasteiger partial charge in [0.15, 0.2) is 11.6 Å². The Bertz CT molecular complexity index is 797. The Balaban J connectivity index is 1.41. The Morgan fingerprint density at radius 2 is 2.07 bits per heavy atom. The molecule has 3 rings (SSSR count). The first-order valence-corrected chi connectivity index (χ1v) is 10.6. The van der Waals surface area contributed by atoms with Crippen LogP contribution in [0.3, 0.4) is 0 Å². The lowest BCUT2D eigenvalue weighted by Gasteiger charge is -2.26. The van der Waals surface area contributed by atoms with Gasteiger partial charge < -0.3 is 14.5 Å². The molecule has 164 valence electrons. The van der Waals surface area contributed by atoms with E-state index in [0.29, 0.717) is 31.9 Å². The Labute approximate surface area is 176 Å². The van der Waals surface area contributed by atoms with Crippen LogP contribution in [0.4, 0.5) is 9.18 Å². The van der Waals surface area contributed by atoms with Gasteiger partial charge in [-0.25, -0.2) is 9.18 Å². The molecule has 8 heteroatoms. The van der Waals surface area contributed by atoms with E-state index in [1.165, 1.54) is 11.0 Å². The highest BCUT2D eigenvalue weighted by molar-refractivity contribution is 6.01. The number of halogens is 1. The van der Waals surface area contributed by atoms with E-state index < -0.39 is 0 Å². The minimum Gasteiger partial charge on any atom is -0.490 e. The molecule has 0 spiro atoms. The second-order valence-corrected chi connectivity index (χ2v) is 8.21. The third-order valence-corrected chi connectivity index (χ3v) is 5.77. The quantitative estimate of drug-likeness (QED) is 0.441. The lowest BCUT2D eigenvalue weighted by molar-refractivity contribution is -0.132. The third kappa shape index (κ3) is 5.93. The van der Waals surface area contributed by atoms with E-state index in [1.54, 1.807) is 24.1 Å².